The fraction of sp³-hybridized carbons (Fsp3) is 0.105. The van der Waals surface area contributed by atoms with Crippen LogP contribution in [0.2, 0.25) is 0 Å². The molecule has 4 aromatic heterocycles. The van der Waals surface area contributed by atoms with Gasteiger partial charge in [-0.1, -0.05) is 24.3 Å². The molecule has 234 valence electrons. The fourth-order valence-corrected chi connectivity index (χ4v) is 5.78. The highest BCUT2D eigenvalue weighted by atomic mass is 16.2. The number of benzene rings is 3. The number of rotatable bonds is 8. The Morgan fingerprint density at radius 3 is 1.48 bits per heavy atom. The predicted octanol–water partition coefficient (Wildman–Crippen LogP) is 5.23. The van der Waals surface area contributed by atoms with Crippen LogP contribution in [0.1, 0.15) is 46.0 Å². The van der Waals surface area contributed by atoms with Gasteiger partial charge in [0.25, 0.3) is 11.8 Å². The summed E-state index contributed by atoms with van der Waals surface area (Å²) in [7, 11) is 0. The first-order chi connectivity index (χ1) is 23.5. The Labute approximate surface area is 276 Å². The molecule has 0 saturated heterocycles. The number of carbonyl (C=O) groups excluding carboxylic acids is 2. The SMILES string of the molecule is CC[n+]1cccc2cc(C=NNC(=O)c3ccc4ccc5ccc(C(=O)NN=Cc6ccc7c(ccc[n+]7CC)c6)nc5c4n3)ccc21. The maximum Gasteiger partial charge on any atom is 0.289 e. The molecule has 10 heteroatoms. The third kappa shape index (κ3) is 6.06. The first kappa shape index (κ1) is 30.2. The van der Waals surface area contributed by atoms with E-state index in [2.05, 4.69) is 54.0 Å². The molecule has 0 atom stereocenters. The minimum atomic E-state index is -0.462. The maximum absolute atomic E-state index is 13.0. The first-order valence-corrected chi connectivity index (χ1v) is 15.7. The molecule has 0 spiro atoms. The molecule has 7 aromatic rings. The van der Waals surface area contributed by atoms with Gasteiger partial charge in [-0.2, -0.15) is 19.3 Å². The number of nitrogens with one attached hydrogen (secondary N) is 2. The normalized spacial score (nSPS) is 11.7. The highest BCUT2D eigenvalue weighted by Gasteiger charge is 2.14. The Balaban J connectivity index is 1.08. The quantitative estimate of drug-likeness (QED) is 0.103. The summed E-state index contributed by atoms with van der Waals surface area (Å²) in [5.41, 5.74) is 10.5. The van der Waals surface area contributed by atoms with Crippen LogP contribution in [-0.2, 0) is 13.1 Å². The van der Waals surface area contributed by atoms with Gasteiger partial charge in [-0.3, -0.25) is 9.59 Å². The van der Waals surface area contributed by atoms with Crippen LogP contribution >= 0.6 is 0 Å². The van der Waals surface area contributed by atoms with Crippen LogP contribution in [0.3, 0.4) is 0 Å². The molecule has 48 heavy (non-hydrogen) atoms. The molecule has 0 radical (unpaired) electrons. The zero-order chi connectivity index (χ0) is 33.0. The lowest BCUT2D eigenvalue weighted by Crippen LogP contribution is -2.32. The van der Waals surface area contributed by atoms with Crippen molar-refractivity contribution in [3.05, 3.63) is 132 Å². The van der Waals surface area contributed by atoms with E-state index in [1.807, 2.05) is 85.2 Å². The molecule has 7 rings (SSSR count). The standard InChI is InChI=1S/C38H30N8O2/c1-3-45-19-5-7-29-21-25(9-17-33(29)45)23-39-43-37(47)31-15-13-27-11-12-28-14-16-32(42-36(28)35(27)41-31)38(48)44-40-24-26-10-18-34-30(22-26)8-6-20-46(34)4-2/h5-24H,3-4H2,1-2H3/p+2. The van der Waals surface area contributed by atoms with Crippen molar-refractivity contribution in [1.82, 2.24) is 20.8 Å². The van der Waals surface area contributed by atoms with E-state index in [4.69, 9.17) is 0 Å². The summed E-state index contributed by atoms with van der Waals surface area (Å²) in [6.45, 7) is 5.95. The van der Waals surface area contributed by atoms with Crippen LogP contribution < -0.4 is 20.0 Å². The van der Waals surface area contributed by atoms with Gasteiger partial charge in [0, 0.05) is 45.8 Å². The topological polar surface area (TPSA) is 116 Å². The second-order valence-corrected chi connectivity index (χ2v) is 11.2. The molecule has 0 aliphatic heterocycles. The lowest BCUT2D eigenvalue weighted by Gasteiger charge is -2.07. The molecule has 0 aliphatic rings. The molecular weight excluding hydrogens is 600 g/mol. The molecule has 10 nitrogen and oxygen atoms in total. The Kier molecular flexibility index (Phi) is 8.27. The number of nitrogens with zero attached hydrogens (tertiary/aromatic N) is 6. The molecular formula is C38H32N8O2+2. The summed E-state index contributed by atoms with van der Waals surface area (Å²) in [5, 5.41) is 12.1. The van der Waals surface area contributed by atoms with Crippen molar-refractivity contribution in [2.75, 3.05) is 0 Å². The molecule has 2 N–H and O–H groups in total. The summed E-state index contributed by atoms with van der Waals surface area (Å²) < 4.78 is 4.33. The van der Waals surface area contributed by atoms with E-state index in [1.54, 1.807) is 36.7 Å². The number of pyridine rings is 4. The number of hydrogen-bond acceptors (Lipinski definition) is 6. The second kappa shape index (κ2) is 13.1. The van der Waals surface area contributed by atoms with E-state index in [0.29, 0.717) is 11.0 Å². The maximum atomic E-state index is 13.0. The molecule has 0 unspecified atom stereocenters. The van der Waals surface area contributed by atoms with Gasteiger partial charge in [-0.25, -0.2) is 20.8 Å². The molecule has 0 aliphatic carbocycles. The Hall–Kier alpha value is -6.42. The predicted molar refractivity (Wildman–Crippen MR) is 187 cm³/mol. The van der Waals surface area contributed by atoms with Gasteiger partial charge < -0.3 is 0 Å². The highest BCUT2D eigenvalue weighted by Crippen LogP contribution is 2.23. The number of amides is 2. The van der Waals surface area contributed by atoms with Gasteiger partial charge in [0.05, 0.1) is 23.5 Å². The number of hydrogen-bond donors (Lipinski definition) is 2. The van der Waals surface area contributed by atoms with Crippen molar-refractivity contribution in [1.29, 1.82) is 0 Å². The van der Waals surface area contributed by atoms with E-state index >= 15 is 0 Å². The van der Waals surface area contributed by atoms with Crippen molar-refractivity contribution in [3.63, 3.8) is 0 Å². The molecule has 0 bridgehead atoms. The summed E-state index contributed by atoms with van der Waals surface area (Å²) in [5.74, 6) is -0.924. The van der Waals surface area contributed by atoms with E-state index in [9.17, 15) is 9.59 Å². The van der Waals surface area contributed by atoms with Gasteiger partial charge >= 0.3 is 0 Å². The van der Waals surface area contributed by atoms with E-state index < -0.39 is 11.8 Å². The van der Waals surface area contributed by atoms with Gasteiger partial charge in [0.1, 0.15) is 24.5 Å². The zero-order valence-corrected chi connectivity index (χ0v) is 26.5. The Bertz CT molecular complexity index is 2270. The van der Waals surface area contributed by atoms with Crippen molar-refractivity contribution >= 4 is 67.9 Å². The minimum Gasteiger partial charge on any atom is -0.266 e. The lowest BCUT2D eigenvalue weighted by atomic mass is 10.1. The molecule has 3 aromatic carbocycles. The number of aromatic nitrogens is 4. The Morgan fingerprint density at radius 2 is 1.04 bits per heavy atom. The van der Waals surface area contributed by atoms with Crippen molar-refractivity contribution < 1.29 is 18.7 Å². The van der Waals surface area contributed by atoms with Gasteiger partial charge in [0.15, 0.2) is 12.4 Å². The van der Waals surface area contributed by atoms with Crippen LogP contribution in [0.15, 0.2) is 120 Å². The van der Waals surface area contributed by atoms with Crippen LogP contribution in [0.25, 0.3) is 43.6 Å². The molecule has 2 amide bonds. The monoisotopic (exact) mass is 632 g/mol. The molecule has 0 fully saturated rings. The average molecular weight is 633 g/mol. The summed E-state index contributed by atoms with van der Waals surface area (Å²) in [6, 6.07) is 30.8. The largest absolute Gasteiger partial charge is 0.289 e. The number of hydrazone groups is 2. The number of carbonyl (C=O) groups is 2. The van der Waals surface area contributed by atoms with Crippen molar-refractivity contribution in [2.45, 2.75) is 26.9 Å². The van der Waals surface area contributed by atoms with Crippen LogP contribution in [0.5, 0.6) is 0 Å². The number of fused-ring (bicyclic) bond motifs is 5. The average Bonchev–Trinajstić information content (AvgIpc) is 3.13. The minimum absolute atomic E-state index is 0.177. The van der Waals surface area contributed by atoms with Crippen LogP contribution in [-0.4, -0.2) is 34.2 Å². The summed E-state index contributed by atoms with van der Waals surface area (Å²) in [4.78, 5) is 35.3. The fourth-order valence-electron chi connectivity index (χ4n) is 5.78. The van der Waals surface area contributed by atoms with Crippen LogP contribution in [0, 0.1) is 0 Å². The third-order valence-corrected chi connectivity index (χ3v) is 8.23. The van der Waals surface area contributed by atoms with Crippen molar-refractivity contribution in [2.24, 2.45) is 10.2 Å². The Morgan fingerprint density at radius 1 is 0.604 bits per heavy atom. The molecule has 0 saturated carbocycles. The van der Waals surface area contributed by atoms with E-state index in [-0.39, 0.29) is 11.4 Å². The van der Waals surface area contributed by atoms with Crippen molar-refractivity contribution in [3.8, 4) is 0 Å². The van der Waals surface area contributed by atoms with Gasteiger partial charge in [-0.15, -0.1) is 0 Å². The summed E-state index contributed by atoms with van der Waals surface area (Å²) >= 11 is 0. The van der Waals surface area contributed by atoms with Gasteiger partial charge in [-0.05, 0) is 73.5 Å². The van der Waals surface area contributed by atoms with E-state index in [1.165, 1.54) is 0 Å². The second-order valence-electron chi connectivity index (χ2n) is 11.2. The molecule has 4 heterocycles. The summed E-state index contributed by atoms with van der Waals surface area (Å²) in [6.07, 6.45) is 7.30. The van der Waals surface area contributed by atoms with Gasteiger partial charge in [0.2, 0.25) is 11.0 Å². The smallest absolute Gasteiger partial charge is 0.266 e. The lowest BCUT2D eigenvalue weighted by molar-refractivity contribution is -0.668. The third-order valence-electron chi connectivity index (χ3n) is 8.23. The highest BCUT2D eigenvalue weighted by molar-refractivity contribution is 6.06. The zero-order valence-electron chi connectivity index (χ0n) is 26.5. The number of aryl methyl sites for hydroxylation is 2. The first-order valence-electron chi connectivity index (χ1n) is 15.7. The van der Waals surface area contributed by atoms with E-state index in [0.717, 1.165) is 56.8 Å². The van der Waals surface area contributed by atoms with Crippen LogP contribution in [0.4, 0.5) is 0 Å².